The fourth-order valence-electron chi connectivity index (χ4n) is 1.70. The van der Waals surface area contributed by atoms with E-state index in [1.54, 1.807) is 12.1 Å². The van der Waals surface area contributed by atoms with Crippen LogP contribution < -0.4 is 5.32 Å². The lowest BCUT2D eigenvalue weighted by atomic mass is 9.99. The van der Waals surface area contributed by atoms with Crippen molar-refractivity contribution < 1.29 is 4.39 Å². The summed E-state index contributed by atoms with van der Waals surface area (Å²) in [5.74, 6) is 0.389. The van der Waals surface area contributed by atoms with Crippen LogP contribution in [0, 0.1) is 5.82 Å². The number of hydrogen-bond acceptors (Lipinski definition) is 1. The number of halogens is 1. The van der Waals surface area contributed by atoms with Gasteiger partial charge in [0.25, 0.3) is 0 Å². The molecule has 1 aromatic carbocycles. The van der Waals surface area contributed by atoms with E-state index in [9.17, 15) is 4.39 Å². The van der Waals surface area contributed by atoms with Crippen molar-refractivity contribution in [1.29, 1.82) is 0 Å². The van der Waals surface area contributed by atoms with Gasteiger partial charge in [0.2, 0.25) is 0 Å². The molecule has 2 heteroatoms. The molecule has 1 aromatic rings. The summed E-state index contributed by atoms with van der Waals surface area (Å²) in [5, 5.41) is 3.27. The normalized spacial score (nSPS) is 17.9. The van der Waals surface area contributed by atoms with E-state index < -0.39 is 0 Å². The average Bonchev–Trinajstić information content (AvgIpc) is 2.88. The lowest BCUT2D eigenvalue weighted by molar-refractivity contribution is 0.621. The SMILES string of the molecule is CC.CC.Fc1cccc(C2CCNC2)c1. The molecule has 0 radical (unpaired) electrons. The molecule has 1 unspecified atom stereocenters. The van der Waals surface area contributed by atoms with Crippen LogP contribution >= 0.6 is 0 Å². The minimum atomic E-state index is -0.126. The van der Waals surface area contributed by atoms with Crippen LogP contribution in [0.4, 0.5) is 4.39 Å². The van der Waals surface area contributed by atoms with Crippen molar-refractivity contribution in [2.75, 3.05) is 13.1 Å². The fraction of sp³-hybridized carbons (Fsp3) is 0.571. The zero-order chi connectivity index (χ0) is 12.4. The quantitative estimate of drug-likeness (QED) is 0.763. The van der Waals surface area contributed by atoms with E-state index in [1.165, 1.54) is 6.07 Å². The highest BCUT2D eigenvalue weighted by Gasteiger charge is 2.16. The molecule has 1 N–H and O–H groups in total. The van der Waals surface area contributed by atoms with Crippen molar-refractivity contribution >= 4 is 0 Å². The van der Waals surface area contributed by atoms with E-state index >= 15 is 0 Å². The zero-order valence-corrected chi connectivity index (χ0v) is 10.9. The molecule has 1 saturated heterocycles. The van der Waals surface area contributed by atoms with Crippen LogP contribution in [0.15, 0.2) is 24.3 Å². The molecule has 0 aromatic heterocycles. The van der Waals surface area contributed by atoms with Gasteiger partial charge in [-0.3, -0.25) is 0 Å². The molecule has 0 bridgehead atoms. The Bertz CT molecular complexity index is 267. The molecule has 1 nitrogen and oxygen atoms in total. The highest BCUT2D eigenvalue weighted by atomic mass is 19.1. The second-order valence-corrected chi connectivity index (χ2v) is 3.24. The van der Waals surface area contributed by atoms with Crippen molar-refractivity contribution in [2.24, 2.45) is 0 Å². The van der Waals surface area contributed by atoms with Gasteiger partial charge in [0.1, 0.15) is 5.82 Å². The standard InChI is InChI=1S/C10H12FN.2C2H6/c11-10-3-1-2-8(6-10)9-4-5-12-7-9;2*1-2/h1-3,6,9,12H,4-5,7H2;2*1-2H3. The summed E-state index contributed by atoms with van der Waals surface area (Å²) in [5.41, 5.74) is 1.13. The first-order chi connectivity index (χ1) is 7.86. The van der Waals surface area contributed by atoms with Gasteiger partial charge in [-0.15, -0.1) is 0 Å². The van der Waals surface area contributed by atoms with Crippen LogP contribution in [0.1, 0.15) is 45.6 Å². The van der Waals surface area contributed by atoms with Crippen LogP contribution in [-0.4, -0.2) is 13.1 Å². The minimum Gasteiger partial charge on any atom is -0.316 e. The lowest BCUT2D eigenvalue weighted by Gasteiger charge is -2.07. The van der Waals surface area contributed by atoms with Gasteiger partial charge in [0, 0.05) is 6.54 Å². The summed E-state index contributed by atoms with van der Waals surface area (Å²) in [6, 6.07) is 6.91. The maximum atomic E-state index is 12.8. The highest BCUT2D eigenvalue weighted by molar-refractivity contribution is 5.21. The van der Waals surface area contributed by atoms with E-state index in [4.69, 9.17) is 0 Å². The summed E-state index contributed by atoms with van der Waals surface area (Å²) < 4.78 is 12.8. The third-order valence-corrected chi connectivity index (χ3v) is 2.38. The van der Waals surface area contributed by atoms with E-state index in [2.05, 4.69) is 5.32 Å². The minimum absolute atomic E-state index is 0.126. The molecule has 0 aliphatic carbocycles. The van der Waals surface area contributed by atoms with E-state index in [0.29, 0.717) is 5.92 Å². The van der Waals surface area contributed by atoms with Crippen LogP contribution in [0.5, 0.6) is 0 Å². The van der Waals surface area contributed by atoms with Gasteiger partial charge >= 0.3 is 0 Å². The summed E-state index contributed by atoms with van der Waals surface area (Å²) >= 11 is 0. The van der Waals surface area contributed by atoms with E-state index in [0.717, 1.165) is 25.1 Å². The highest BCUT2D eigenvalue weighted by Crippen LogP contribution is 2.22. The predicted octanol–water partition coefficient (Wildman–Crippen LogP) is 3.96. The molecular weight excluding hydrogens is 201 g/mol. The fourth-order valence-corrected chi connectivity index (χ4v) is 1.70. The van der Waals surface area contributed by atoms with Gasteiger partial charge in [-0.1, -0.05) is 39.8 Å². The van der Waals surface area contributed by atoms with Gasteiger partial charge < -0.3 is 5.32 Å². The molecule has 0 spiro atoms. The summed E-state index contributed by atoms with van der Waals surface area (Å²) in [6.45, 7) is 10.0. The first kappa shape index (κ1) is 15.1. The lowest BCUT2D eigenvalue weighted by Crippen LogP contribution is -2.07. The van der Waals surface area contributed by atoms with Gasteiger partial charge in [0.05, 0.1) is 0 Å². The molecule has 1 aliphatic heterocycles. The molecule has 92 valence electrons. The zero-order valence-electron chi connectivity index (χ0n) is 10.9. The monoisotopic (exact) mass is 225 g/mol. The number of hydrogen-bond donors (Lipinski definition) is 1. The molecule has 2 rings (SSSR count). The van der Waals surface area contributed by atoms with Gasteiger partial charge in [-0.25, -0.2) is 4.39 Å². The smallest absolute Gasteiger partial charge is 0.123 e. The molecule has 1 atom stereocenters. The Hall–Kier alpha value is -0.890. The Labute approximate surface area is 99.1 Å². The third kappa shape index (κ3) is 4.75. The molecule has 0 saturated carbocycles. The molecule has 1 fully saturated rings. The molecule has 1 heterocycles. The molecule has 1 aliphatic rings. The summed E-state index contributed by atoms with van der Waals surface area (Å²) in [7, 11) is 0. The van der Waals surface area contributed by atoms with E-state index in [1.807, 2.05) is 33.8 Å². The van der Waals surface area contributed by atoms with E-state index in [-0.39, 0.29) is 5.82 Å². The topological polar surface area (TPSA) is 12.0 Å². The number of rotatable bonds is 1. The Morgan fingerprint density at radius 2 is 1.88 bits per heavy atom. The predicted molar refractivity (Wildman–Crippen MR) is 69.3 cm³/mol. The molecular formula is C14H24FN. The maximum absolute atomic E-state index is 12.8. The summed E-state index contributed by atoms with van der Waals surface area (Å²) in [6.07, 6.45) is 1.13. The largest absolute Gasteiger partial charge is 0.316 e. The van der Waals surface area contributed by atoms with Crippen molar-refractivity contribution in [2.45, 2.75) is 40.0 Å². The van der Waals surface area contributed by atoms with Crippen LogP contribution in [-0.2, 0) is 0 Å². The third-order valence-electron chi connectivity index (χ3n) is 2.38. The molecule has 0 amide bonds. The summed E-state index contributed by atoms with van der Waals surface area (Å²) in [4.78, 5) is 0. The Morgan fingerprint density at radius 1 is 1.19 bits per heavy atom. The van der Waals surface area contributed by atoms with Crippen molar-refractivity contribution in [1.82, 2.24) is 5.32 Å². The van der Waals surface area contributed by atoms with Crippen LogP contribution in [0.2, 0.25) is 0 Å². The van der Waals surface area contributed by atoms with Gasteiger partial charge in [-0.05, 0) is 36.6 Å². The second kappa shape index (κ2) is 9.34. The second-order valence-electron chi connectivity index (χ2n) is 3.24. The first-order valence-corrected chi connectivity index (χ1v) is 6.32. The van der Waals surface area contributed by atoms with Crippen LogP contribution in [0.25, 0.3) is 0 Å². The average molecular weight is 225 g/mol. The number of nitrogens with one attached hydrogen (secondary N) is 1. The van der Waals surface area contributed by atoms with Crippen molar-refractivity contribution in [3.8, 4) is 0 Å². The van der Waals surface area contributed by atoms with Crippen LogP contribution in [0.3, 0.4) is 0 Å². The van der Waals surface area contributed by atoms with Gasteiger partial charge in [-0.2, -0.15) is 0 Å². The Balaban J connectivity index is 0.000000509. The first-order valence-electron chi connectivity index (χ1n) is 6.32. The Kier molecular flexibility index (Phi) is 8.82. The van der Waals surface area contributed by atoms with Crippen molar-refractivity contribution in [3.63, 3.8) is 0 Å². The molecule has 16 heavy (non-hydrogen) atoms. The van der Waals surface area contributed by atoms with Crippen molar-refractivity contribution in [3.05, 3.63) is 35.6 Å². The van der Waals surface area contributed by atoms with Gasteiger partial charge in [0.15, 0.2) is 0 Å². The number of benzene rings is 1. The maximum Gasteiger partial charge on any atom is 0.123 e. The Morgan fingerprint density at radius 3 is 2.38 bits per heavy atom.